The van der Waals surface area contributed by atoms with Gasteiger partial charge in [-0.2, -0.15) is 0 Å². The molecule has 9 heteroatoms. The van der Waals surface area contributed by atoms with Crippen molar-refractivity contribution in [3.8, 4) is 0 Å². The highest BCUT2D eigenvalue weighted by molar-refractivity contribution is 7.89. The smallest absolute Gasteiger partial charge is 0.251 e. The van der Waals surface area contributed by atoms with Crippen LogP contribution in [0.1, 0.15) is 29.6 Å². The average molecular weight is 437 g/mol. The lowest BCUT2D eigenvalue weighted by Gasteiger charge is -2.36. The maximum atomic E-state index is 13.3. The van der Waals surface area contributed by atoms with Gasteiger partial charge in [-0.05, 0) is 49.6 Å². The fourth-order valence-corrected chi connectivity index (χ4v) is 4.50. The lowest BCUT2D eigenvalue weighted by Crippen LogP contribution is -2.51. The van der Waals surface area contributed by atoms with Gasteiger partial charge in [-0.15, -0.1) is 0 Å². The van der Waals surface area contributed by atoms with Gasteiger partial charge in [-0.25, -0.2) is 17.5 Å². The summed E-state index contributed by atoms with van der Waals surface area (Å²) in [5, 5.41) is 12.4. The Morgan fingerprint density at radius 1 is 1.13 bits per heavy atom. The molecule has 7 nitrogen and oxygen atoms in total. The van der Waals surface area contributed by atoms with E-state index in [4.69, 9.17) is 4.74 Å². The molecule has 0 bridgehead atoms. The van der Waals surface area contributed by atoms with E-state index in [1.165, 1.54) is 30.3 Å². The van der Waals surface area contributed by atoms with Gasteiger partial charge in [0.25, 0.3) is 5.91 Å². The SMILES string of the molecule is O=C(N[C@H]1CC[C@@H](CCNS(=O)(=O)c2ccccc2)O[C@@H]1CO)c1cccc(F)c1. The third kappa shape index (κ3) is 5.85. The third-order valence-corrected chi connectivity index (χ3v) is 6.49. The first kappa shape index (κ1) is 22.4. The van der Waals surface area contributed by atoms with Crippen LogP contribution < -0.4 is 10.0 Å². The Morgan fingerprint density at radius 3 is 2.60 bits per heavy atom. The third-order valence-electron chi connectivity index (χ3n) is 5.01. The van der Waals surface area contributed by atoms with Crippen LogP contribution in [0.15, 0.2) is 59.5 Å². The van der Waals surface area contributed by atoms with E-state index < -0.39 is 33.9 Å². The number of benzene rings is 2. The van der Waals surface area contributed by atoms with E-state index in [0.29, 0.717) is 19.3 Å². The Kier molecular flexibility index (Phi) is 7.54. The first-order valence-corrected chi connectivity index (χ1v) is 11.2. The van der Waals surface area contributed by atoms with Crippen LogP contribution in [0.5, 0.6) is 0 Å². The van der Waals surface area contributed by atoms with Gasteiger partial charge in [0, 0.05) is 12.1 Å². The van der Waals surface area contributed by atoms with Crippen molar-refractivity contribution in [2.24, 2.45) is 0 Å². The molecule has 0 radical (unpaired) electrons. The number of sulfonamides is 1. The van der Waals surface area contributed by atoms with Gasteiger partial charge in [0.05, 0.1) is 23.6 Å². The highest BCUT2D eigenvalue weighted by Crippen LogP contribution is 2.22. The second-order valence-corrected chi connectivity index (χ2v) is 8.91. The molecular formula is C21H25FN2O5S. The molecule has 162 valence electrons. The molecule has 30 heavy (non-hydrogen) atoms. The molecule has 1 fully saturated rings. The molecule has 3 atom stereocenters. The molecule has 1 amide bonds. The maximum absolute atomic E-state index is 13.3. The van der Waals surface area contributed by atoms with Gasteiger partial charge in [0.2, 0.25) is 10.0 Å². The fourth-order valence-electron chi connectivity index (χ4n) is 3.43. The molecule has 1 saturated heterocycles. The van der Waals surface area contributed by atoms with Crippen molar-refractivity contribution in [2.45, 2.75) is 42.4 Å². The van der Waals surface area contributed by atoms with Gasteiger partial charge >= 0.3 is 0 Å². The van der Waals surface area contributed by atoms with Gasteiger partial charge in [-0.3, -0.25) is 4.79 Å². The quantitative estimate of drug-likeness (QED) is 0.586. The van der Waals surface area contributed by atoms with Crippen molar-refractivity contribution >= 4 is 15.9 Å². The van der Waals surface area contributed by atoms with E-state index in [1.54, 1.807) is 18.2 Å². The minimum atomic E-state index is -3.58. The van der Waals surface area contributed by atoms with Gasteiger partial charge in [0.1, 0.15) is 11.9 Å². The summed E-state index contributed by atoms with van der Waals surface area (Å²) < 4.78 is 46.2. The van der Waals surface area contributed by atoms with Crippen molar-refractivity contribution in [3.63, 3.8) is 0 Å². The largest absolute Gasteiger partial charge is 0.394 e. The number of hydrogen-bond acceptors (Lipinski definition) is 5. The van der Waals surface area contributed by atoms with Crippen molar-refractivity contribution in [3.05, 3.63) is 66.0 Å². The number of aliphatic hydroxyl groups is 1. The monoisotopic (exact) mass is 436 g/mol. The van der Waals surface area contributed by atoms with E-state index in [2.05, 4.69) is 10.0 Å². The van der Waals surface area contributed by atoms with Crippen LogP contribution in [0.3, 0.4) is 0 Å². The molecule has 3 rings (SSSR count). The molecule has 3 N–H and O–H groups in total. The zero-order chi connectivity index (χ0) is 21.6. The molecule has 0 spiro atoms. The highest BCUT2D eigenvalue weighted by atomic mass is 32.2. The predicted octanol–water partition coefficient (Wildman–Crippen LogP) is 1.83. The minimum absolute atomic E-state index is 0.195. The summed E-state index contributed by atoms with van der Waals surface area (Å²) in [6.07, 6.45) is 0.725. The predicted molar refractivity (Wildman–Crippen MR) is 109 cm³/mol. The topological polar surface area (TPSA) is 105 Å². The number of ether oxygens (including phenoxy) is 1. The number of halogens is 1. The Balaban J connectivity index is 1.50. The molecule has 0 unspecified atom stereocenters. The van der Waals surface area contributed by atoms with Crippen LogP contribution in [0, 0.1) is 5.82 Å². The number of nitrogens with one attached hydrogen (secondary N) is 2. The van der Waals surface area contributed by atoms with Crippen molar-refractivity contribution in [1.82, 2.24) is 10.0 Å². The van der Waals surface area contributed by atoms with Gasteiger partial charge in [0.15, 0.2) is 0 Å². The molecular weight excluding hydrogens is 411 g/mol. The minimum Gasteiger partial charge on any atom is -0.394 e. The van der Waals surface area contributed by atoms with E-state index in [0.717, 1.165) is 6.07 Å². The number of rotatable bonds is 8. The molecule has 1 heterocycles. The van der Waals surface area contributed by atoms with Crippen molar-refractivity contribution in [1.29, 1.82) is 0 Å². The van der Waals surface area contributed by atoms with Crippen LogP contribution in [-0.4, -0.2) is 50.8 Å². The number of aliphatic hydroxyl groups excluding tert-OH is 1. The second kappa shape index (κ2) is 10.1. The first-order chi connectivity index (χ1) is 14.4. The summed E-state index contributed by atoms with van der Waals surface area (Å²) in [7, 11) is -3.58. The zero-order valence-corrected chi connectivity index (χ0v) is 17.1. The molecule has 1 aliphatic rings. The summed E-state index contributed by atoms with van der Waals surface area (Å²) in [4.78, 5) is 12.5. The van der Waals surface area contributed by atoms with Crippen molar-refractivity contribution < 1.29 is 27.4 Å². The van der Waals surface area contributed by atoms with Gasteiger partial charge in [-0.1, -0.05) is 24.3 Å². The van der Waals surface area contributed by atoms with E-state index in [1.807, 2.05) is 0 Å². The molecule has 0 aromatic heterocycles. The summed E-state index contributed by atoms with van der Waals surface area (Å²) in [5.41, 5.74) is 0.198. The van der Waals surface area contributed by atoms with E-state index in [9.17, 15) is 22.7 Å². The number of amides is 1. The Labute approximate surface area is 175 Å². The molecule has 2 aromatic rings. The summed E-state index contributed by atoms with van der Waals surface area (Å²) >= 11 is 0. The van der Waals surface area contributed by atoms with Crippen LogP contribution >= 0.6 is 0 Å². The number of carbonyl (C=O) groups excluding carboxylic acids is 1. The fraction of sp³-hybridized carbons (Fsp3) is 0.381. The average Bonchev–Trinajstić information content (AvgIpc) is 2.75. The number of carbonyl (C=O) groups is 1. The molecule has 0 saturated carbocycles. The van der Waals surface area contributed by atoms with Crippen LogP contribution in [0.25, 0.3) is 0 Å². The Bertz CT molecular complexity index is 955. The lowest BCUT2D eigenvalue weighted by molar-refractivity contribution is -0.0891. The summed E-state index contributed by atoms with van der Waals surface area (Å²) in [6.45, 7) is -0.0965. The Morgan fingerprint density at radius 2 is 1.90 bits per heavy atom. The molecule has 1 aliphatic heterocycles. The van der Waals surface area contributed by atoms with Crippen molar-refractivity contribution in [2.75, 3.05) is 13.2 Å². The lowest BCUT2D eigenvalue weighted by atomic mass is 9.97. The second-order valence-electron chi connectivity index (χ2n) is 7.15. The van der Waals surface area contributed by atoms with Gasteiger partial charge < -0.3 is 15.2 Å². The van der Waals surface area contributed by atoms with E-state index >= 15 is 0 Å². The molecule has 2 aromatic carbocycles. The van der Waals surface area contributed by atoms with E-state index in [-0.39, 0.29) is 29.7 Å². The normalized spacial score (nSPS) is 21.9. The standard InChI is InChI=1S/C21H25FN2O5S/c22-16-6-4-5-15(13-16)21(26)24-19-10-9-17(29-20(19)14-25)11-12-23-30(27,28)18-7-2-1-3-8-18/h1-8,13,17,19-20,23,25H,9-12,14H2,(H,24,26)/t17-,19-,20+/m0/s1. The first-order valence-electron chi connectivity index (χ1n) is 9.76. The summed E-state index contributed by atoms with van der Waals surface area (Å²) in [5.74, 6) is -0.935. The number of hydrogen-bond donors (Lipinski definition) is 3. The Hall–Kier alpha value is -2.33. The zero-order valence-electron chi connectivity index (χ0n) is 16.3. The highest BCUT2D eigenvalue weighted by Gasteiger charge is 2.32. The van der Waals surface area contributed by atoms with Crippen LogP contribution in [0.4, 0.5) is 4.39 Å². The van der Waals surface area contributed by atoms with Crippen LogP contribution in [0.2, 0.25) is 0 Å². The maximum Gasteiger partial charge on any atom is 0.251 e. The van der Waals surface area contributed by atoms with Crippen LogP contribution in [-0.2, 0) is 14.8 Å². The molecule has 0 aliphatic carbocycles. The summed E-state index contributed by atoms with van der Waals surface area (Å²) in [6, 6.07) is 13.1.